The number of pyridine rings is 1. The highest BCUT2D eigenvalue weighted by atomic mass is 16.2. The first-order chi connectivity index (χ1) is 13.9. The fraction of sp³-hybridized carbons (Fsp3) is 0.217. The molecule has 3 heterocycles. The van der Waals surface area contributed by atoms with Gasteiger partial charge in [-0.05, 0) is 35.2 Å². The first-order valence-corrected chi connectivity index (χ1v) is 9.55. The molecule has 6 heteroatoms. The van der Waals surface area contributed by atoms with Gasteiger partial charge < -0.3 is 19.7 Å². The van der Waals surface area contributed by atoms with E-state index in [0.717, 1.165) is 35.0 Å². The van der Waals surface area contributed by atoms with Gasteiger partial charge in [0, 0.05) is 56.7 Å². The SMILES string of the molecule is C=C1Nc2ncc(/C=C/C(=O)N(C)Cc3cc4ccccc4n3C)cc2CN1C. The monoisotopic (exact) mass is 387 g/mol. The molecule has 1 aliphatic heterocycles. The number of hydrogen-bond donors (Lipinski definition) is 1. The van der Waals surface area contributed by atoms with Crippen LogP contribution in [0.25, 0.3) is 17.0 Å². The topological polar surface area (TPSA) is 53.4 Å². The summed E-state index contributed by atoms with van der Waals surface area (Å²) in [5.41, 5.74) is 4.25. The number of aryl methyl sites for hydroxylation is 1. The minimum atomic E-state index is -0.0448. The number of carbonyl (C=O) groups is 1. The van der Waals surface area contributed by atoms with Crippen molar-refractivity contribution in [3.63, 3.8) is 0 Å². The Bertz CT molecular complexity index is 1130. The van der Waals surface area contributed by atoms with E-state index in [0.29, 0.717) is 6.54 Å². The third kappa shape index (κ3) is 3.74. The van der Waals surface area contributed by atoms with Crippen LogP contribution in [0.15, 0.2) is 61.1 Å². The maximum Gasteiger partial charge on any atom is 0.246 e. The highest BCUT2D eigenvalue weighted by Crippen LogP contribution is 2.24. The number of amides is 1. The van der Waals surface area contributed by atoms with Crippen molar-refractivity contribution < 1.29 is 4.79 Å². The summed E-state index contributed by atoms with van der Waals surface area (Å²) in [6.07, 6.45) is 5.18. The van der Waals surface area contributed by atoms with Crippen molar-refractivity contribution >= 4 is 28.7 Å². The van der Waals surface area contributed by atoms with E-state index in [1.165, 1.54) is 10.9 Å². The van der Waals surface area contributed by atoms with Crippen LogP contribution in [-0.4, -0.2) is 39.4 Å². The van der Waals surface area contributed by atoms with Crippen LogP contribution >= 0.6 is 0 Å². The number of likely N-dealkylation sites (N-methyl/N-ethyl adjacent to an activating group) is 1. The normalized spacial score (nSPS) is 13.6. The molecular weight excluding hydrogens is 362 g/mol. The number of benzene rings is 1. The van der Waals surface area contributed by atoms with Crippen molar-refractivity contribution in [2.24, 2.45) is 7.05 Å². The molecule has 0 saturated carbocycles. The van der Waals surface area contributed by atoms with Crippen molar-refractivity contribution in [1.82, 2.24) is 19.4 Å². The van der Waals surface area contributed by atoms with Gasteiger partial charge in [-0.15, -0.1) is 0 Å². The molecule has 0 unspecified atom stereocenters. The predicted molar refractivity (Wildman–Crippen MR) is 117 cm³/mol. The van der Waals surface area contributed by atoms with Gasteiger partial charge in [0.1, 0.15) is 5.82 Å². The summed E-state index contributed by atoms with van der Waals surface area (Å²) in [5.74, 6) is 1.61. The van der Waals surface area contributed by atoms with Gasteiger partial charge in [0.15, 0.2) is 0 Å². The fourth-order valence-electron chi connectivity index (χ4n) is 3.55. The number of carbonyl (C=O) groups excluding carboxylic acids is 1. The molecule has 4 rings (SSSR count). The molecule has 0 spiro atoms. The van der Waals surface area contributed by atoms with E-state index in [2.05, 4.69) is 39.6 Å². The van der Waals surface area contributed by atoms with Crippen LogP contribution in [0.3, 0.4) is 0 Å². The van der Waals surface area contributed by atoms with E-state index < -0.39 is 0 Å². The number of fused-ring (bicyclic) bond motifs is 2. The van der Waals surface area contributed by atoms with Gasteiger partial charge in [-0.3, -0.25) is 4.79 Å². The maximum atomic E-state index is 12.6. The molecule has 0 bridgehead atoms. The zero-order valence-electron chi connectivity index (χ0n) is 17.0. The lowest BCUT2D eigenvalue weighted by molar-refractivity contribution is -0.125. The second-order valence-corrected chi connectivity index (χ2v) is 7.49. The molecule has 1 aliphatic rings. The van der Waals surface area contributed by atoms with Crippen molar-refractivity contribution in [3.05, 3.63) is 77.9 Å². The quantitative estimate of drug-likeness (QED) is 0.696. The molecule has 1 N–H and O–H groups in total. The number of nitrogens with zero attached hydrogens (tertiary/aromatic N) is 4. The molecule has 1 amide bonds. The second kappa shape index (κ2) is 7.47. The number of nitrogens with one attached hydrogen (secondary N) is 1. The molecule has 0 atom stereocenters. The number of aromatic nitrogens is 2. The molecule has 0 fully saturated rings. The van der Waals surface area contributed by atoms with Crippen LogP contribution < -0.4 is 5.32 Å². The number of hydrogen-bond acceptors (Lipinski definition) is 4. The molecule has 148 valence electrons. The van der Waals surface area contributed by atoms with Gasteiger partial charge in [-0.2, -0.15) is 0 Å². The minimum absolute atomic E-state index is 0.0448. The summed E-state index contributed by atoms with van der Waals surface area (Å²) >= 11 is 0. The average molecular weight is 387 g/mol. The number of anilines is 1. The Morgan fingerprint density at radius 3 is 2.90 bits per heavy atom. The number of para-hydroxylation sites is 1. The van der Waals surface area contributed by atoms with Crippen LogP contribution in [0.2, 0.25) is 0 Å². The molecule has 6 nitrogen and oxygen atoms in total. The zero-order valence-corrected chi connectivity index (χ0v) is 17.0. The number of rotatable bonds is 4. The Labute approximate surface area is 170 Å². The first kappa shape index (κ1) is 18.8. The molecule has 2 aromatic heterocycles. The zero-order chi connectivity index (χ0) is 20.5. The summed E-state index contributed by atoms with van der Waals surface area (Å²) < 4.78 is 2.13. The Morgan fingerprint density at radius 1 is 1.31 bits per heavy atom. The van der Waals surface area contributed by atoms with Crippen molar-refractivity contribution in [3.8, 4) is 0 Å². The lowest BCUT2D eigenvalue weighted by atomic mass is 10.1. The van der Waals surface area contributed by atoms with Gasteiger partial charge in [0.2, 0.25) is 5.91 Å². The Hall–Kier alpha value is -3.54. The largest absolute Gasteiger partial charge is 0.357 e. The van der Waals surface area contributed by atoms with E-state index in [-0.39, 0.29) is 5.91 Å². The van der Waals surface area contributed by atoms with Gasteiger partial charge in [-0.1, -0.05) is 24.8 Å². The van der Waals surface area contributed by atoms with E-state index in [1.54, 1.807) is 17.2 Å². The van der Waals surface area contributed by atoms with Crippen LogP contribution in [0.1, 0.15) is 16.8 Å². The van der Waals surface area contributed by atoms with Crippen LogP contribution in [0.4, 0.5) is 5.82 Å². The summed E-state index contributed by atoms with van der Waals surface area (Å²) in [5, 5.41) is 4.37. The third-order valence-corrected chi connectivity index (χ3v) is 5.36. The Balaban J connectivity index is 1.46. The van der Waals surface area contributed by atoms with E-state index in [1.807, 2.05) is 50.3 Å². The lowest BCUT2D eigenvalue weighted by Crippen LogP contribution is -2.27. The first-order valence-electron chi connectivity index (χ1n) is 9.55. The predicted octanol–water partition coefficient (Wildman–Crippen LogP) is 3.57. The second-order valence-electron chi connectivity index (χ2n) is 7.49. The molecule has 3 aromatic rings. The Morgan fingerprint density at radius 2 is 2.10 bits per heavy atom. The van der Waals surface area contributed by atoms with Gasteiger partial charge in [0.05, 0.1) is 12.4 Å². The highest BCUT2D eigenvalue weighted by molar-refractivity contribution is 5.91. The van der Waals surface area contributed by atoms with E-state index >= 15 is 0 Å². The molecule has 0 radical (unpaired) electrons. The average Bonchev–Trinajstić information content (AvgIpc) is 3.02. The van der Waals surface area contributed by atoms with Crippen LogP contribution in [-0.2, 0) is 24.9 Å². The van der Waals surface area contributed by atoms with Crippen molar-refractivity contribution in [1.29, 1.82) is 0 Å². The Kier molecular flexibility index (Phi) is 4.84. The highest BCUT2D eigenvalue weighted by Gasteiger charge is 2.16. The van der Waals surface area contributed by atoms with Gasteiger partial charge in [-0.25, -0.2) is 4.98 Å². The molecule has 0 aliphatic carbocycles. The van der Waals surface area contributed by atoms with Crippen molar-refractivity contribution in [2.45, 2.75) is 13.1 Å². The van der Waals surface area contributed by atoms with Crippen molar-refractivity contribution in [2.75, 3.05) is 19.4 Å². The molecule has 1 aromatic carbocycles. The van der Waals surface area contributed by atoms with E-state index in [4.69, 9.17) is 0 Å². The smallest absolute Gasteiger partial charge is 0.246 e. The molecule has 29 heavy (non-hydrogen) atoms. The summed E-state index contributed by atoms with van der Waals surface area (Å²) in [6.45, 7) is 5.25. The molecule has 0 saturated heterocycles. The summed E-state index contributed by atoms with van der Waals surface area (Å²) in [4.78, 5) is 20.8. The fourth-order valence-corrected chi connectivity index (χ4v) is 3.55. The van der Waals surface area contributed by atoms with Gasteiger partial charge in [0.25, 0.3) is 0 Å². The molecular formula is C23H25N5O. The minimum Gasteiger partial charge on any atom is -0.357 e. The summed E-state index contributed by atoms with van der Waals surface area (Å²) in [6, 6.07) is 12.4. The third-order valence-electron chi connectivity index (χ3n) is 5.36. The van der Waals surface area contributed by atoms with Crippen LogP contribution in [0.5, 0.6) is 0 Å². The van der Waals surface area contributed by atoms with E-state index in [9.17, 15) is 4.79 Å². The standard InChI is InChI=1S/C23H25N5O/c1-16-25-23-19(14-26(16)2)11-17(13-24-23)9-10-22(29)27(3)15-20-12-18-7-5-6-8-21(18)28(20)4/h5-13H,1,14-15H2,2-4H3,(H,24,25)/b10-9+. The van der Waals surface area contributed by atoms with Gasteiger partial charge >= 0.3 is 0 Å². The van der Waals surface area contributed by atoms with Crippen LogP contribution in [0, 0.1) is 0 Å². The maximum absolute atomic E-state index is 12.6. The lowest BCUT2D eigenvalue weighted by Gasteiger charge is -2.29. The summed E-state index contributed by atoms with van der Waals surface area (Å²) in [7, 11) is 5.83.